The van der Waals surface area contributed by atoms with Crippen molar-refractivity contribution in [3.8, 4) is 0 Å². The number of amides is 3. The monoisotopic (exact) mass is 415 g/mol. The van der Waals surface area contributed by atoms with E-state index in [9.17, 15) is 19.2 Å². The molecular weight excluding hydrogens is 394 g/mol. The summed E-state index contributed by atoms with van der Waals surface area (Å²) in [4.78, 5) is 47.8. The highest BCUT2D eigenvalue weighted by Gasteiger charge is 2.19. The van der Waals surface area contributed by atoms with Crippen molar-refractivity contribution in [3.05, 3.63) is 60.2 Å². The summed E-state index contributed by atoms with van der Waals surface area (Å²) >= 11 is 1.19. The molecule has 1 atom stereocenters. The Hall–Kier alpha value is -3.33. The Kier molecular flexibility index (Phi) is 8.23. The molecule has 8 nitrogen and oxygen atoms in total. The van der Waals surface area contributed by atoms with Gasteiger partial charge in [-0.15, -0.1) is 11.8 Å². The SMILES string of the molecule is C[C@H](NC(=O)c1ccccc1)C(=O)OCC(=O)Nc1ccccc1SCC(N)=O. The van der Waals surface area contributed by atoms with Gasteiger partial charge in [-0.2, -0.15) is 0 Å². The van der Waals surface area contributed by atoms with Crippen molar-refractivity contribution in [1.29, 1.82) is 0 Å². The normalized spacial score (nSPS) is 11.2. The molecule has 0 heterocycles. The summed E-state index contributed by atoms with van der Waals surface area (Å²) in [6.07, 6.45) is 0. The summed E-state index contributed by atoms with van der Waals surface area (Å²) < 4.78 is 4.97. The van der Waals surface area contributed by atoms with E-state index in [2.05, 4.69) is 10.6 Å². The number of hydrogen-bond acceptors (Lipinski definition) is 6. The van der Waals surface area contributed by atoms with Crippen molar-refractivity contribution in [2.75, 3.05) is 17.7 Å². The van der Waals surface area contributed by atoms with E-state index in [1.807, 2.05) is 0 Å². The predicted octanol–water partition coefficient (Wildman–Crippen LogP) is 1.56. The molecule has 0 unspecified atom stereocenters. The maximum atomic E-state index is 12.1. The van der Waals surface area contributed by atoms with Crippen LogP contribution in [0.3, 0.4) is 0 Å². The van der Waals surface area contributed by atoms with Crippen LogP contribution in [-0.2, 0) is 19.1 Å². The Morgan fingerprint density at radius 3 is 2.38 bits per heavy atom. The number of para-hydroxylation sites is 1. The third kappa shape index (κ3) is 7.30. The number of thioether (sulfide) groups is 1. The van der Waals surface area contributed by atoms with E-state index in [4.69, 9.17) is 10.5 Å². The molecule has 0 saturated carbocycles. The first-order valence-electron chi connectivity index (χ1n) is 8.69. The number of primary amides is 1. The van der Waals surface area contributed by atoms with E-state index in [1.165, 1.54) is 18.7 Å². The van der Waals surface area contributed by atoms with E-state index >= 15 is 0 Å². The number of carbonyl (C=O) groups excluding carboxylic acids is 4. The van der Waals surface area contributed by atoms with Crippen LogP contribution < -0.4 is 16.4 Å². The number of benzene rings is 2. The minimum atomic E-state index is -0.922. The molecule has 29 heavy (non-hydrogen) atoms. The molecule has 0 aliphatic rings. The number of nitrogens with one attached hydrogen (secondary N) is 2. The van der Waals surface area contributed by atoms with Gasteiger partial charge in [-0.1, -0.05) is 30.3 Å². The van der Waals surface area contributed by atoms with Crippen molar-refractivity contribution in [2.45, 2.75) is 17.9 Å². The molecule has 2 rings (SSSR count). The van der Waals surface area contributed by atoms with Gasteiger partial charge < -0.3 is 21.1 Å². The molecule has 4 N–H and O–H groups in total. The predicted molar refractivity (Wildman–Crippen MR) is 109 cm³/mol. The Labute approximate surface area is 172 Å². The number of ether oxygens (including phenoxy) is 1. The van der Waals surface area contributed by atoms with Crippen molar-refractivity contribution >= 4 is 41.1 Å². The zero-order valence-electron chi connectivity index (χ0n) is 15.7. The first-order valence-corrected chi connectivity index (χ1v) is 9.68. The van der Waals surface area contributed by atoms with Crippen LogP contribution in [0.4, 0.5) is 5.69 Å². The minimum Gasteiger partial charge on any atom is -0.454 e. The van der Waals surface area contributed by atoms with Crippen LogP contribution in [-0.4, -0.2) is 42.1 Å². The highest BCUT2D eigenvalue weighted by atomic mass is 32.2. The van der Waals surface area contributed by atoms with Gasteiger partial charge in [0.1, 0.15) is 6.04 Å². The molecule has 0 aliphatic carbocycles. The quantitative estimate of drug-likeness (QED) is 0.421. The fraction of sp³-hybridized carbons (Fsp3) is 0.200. The van der Waals surface area contributed by atoms with Gasteiger partial charge in [0, 0.05) is 10.5 Å². The molecular formula is C20H21N3O5S. The Balaban J connectivity index is 1.83. The first-order chi connectivity index (χ1) is 13.9. The van der Waals surface area contributed by atoms with Crippen LogP contribution >= 0.6 is 11.8 Å². The third-order valence-electron chi connectivity index (χ3n) is 3.61. The van der Waals surface area contributed by atoms with Gasteiger partial charge in [-0.3, -0.25) is 14.4 Å². The first kappa shape index (κ1) is 22.0. The average Bonchev–Trinajstić information content (AvgIpc) is 2.71. The van der Waals surface area contributed by atoms with E-state index in [0.717, 1.165) is 0 Å². The summed E-state index contributed by atoms with van der Waals surface area (Å²) in [5.74, 6) is -2.11. The summed E-state index contributed by atoms with van der Waals surface area (Å²) in [6.45, 7) is 0.954. The fourth-order valence-electron chi connectivity index (χ4n) is 2.22. The van der Waals surface area contributed by atoms with Gasteiger partial charge >= 0.3 is 5.97 Å². The molecule has 0 spiro atoms. The number of hydrogen-bond donors (Lipinski definition) is 3. The molecule has 0 bridgehead atoms. The standard InChI is InChI=1S/C20H21N3O5S/c1-13(22-19(26)14-7-3-2-4-8-14)20(27)28-11-18(25)23-15-9-5-6-10-16(15)29-12-17(21)24/h2-10,13H,11-12H2,1H3,(H2,21,24)(H,22,26)(H,23,25)/t13-/m0/s1. The van der Waals surface area contributed by atoms with Gasteiger partial charge in [0.25, 0.3) is 11.8 Å². The molecule has 2 aromatic rings. The third-order valence-corrected chi connectivity index (χ3v) is 4.71. The number of anilines is 1. The largest absolute Gasteiger partial charge is 0.454 e. The lowest BCUT2D eigenvalue weighted by atomic mass is 10.2. The molecule has 2 aromatic carbocycles. The summed E-state index contributed by atoms with van der Waals surface area (Å²) in [6, 6.07) is 14.4. The summed E-state index contributed by atoms with van der Waals surface area (Å²) in [7, 11) is 0. The second-order valence-electron chi connectivity index (χ2n) is 5.97. The smallest absolute Gasteiger partial charge is 0.328 e. The van der Waals surface area contributed by atoms with Crippen LogP contribution in [0.2, 0.25) is 0 Å². The molecule has 0 radical (unpaired) electrons. The molecule has 152 valence electrons. The van der Waals surface area contributed by atoms with E-state index < -0.39 is 36.3 Å². The number of nitrogens with two attached hydrogens (primary N) is 1. The van der Waals surface area contributed by atoms with Gasteiger partial charge in [0.2, 0.25) is 5.91 Å². The highest BCUT2D eigenvalue weighted by Crippen LogP contribution is 2.26. The van der Waals surface area contributed by atoms with E-state index in [-0.39, 0.29) is 5.75 Å². The maximum absolute atomic E-state index is 12.1. The summed E-state index contributed by atoms with van der Waals surface area (Å²) in [5.41, 5.74) is 6.03. The van der Waals surface area contributed by atoms with E-state index in [1.54, 1.807) is 54.6 Å². The lowest BCUT2D eigenvalue weighted by molar-refractivity contribution is -0.148. The van der Waals surface area contributed by atoms with Crippen molar-refractivity contribution in [2.24, 2.45) is 5.73 Å². The van der Waals surface area contributed by atoms with Crippen LogP contribution in [0.25, 0.3) is 0 Å². The minimum absolute atomic E-state index is 0.0699. The van der Waals surface area contributed by atoms with Crippen LogP contribution in [0.1, 0.15) is 17.3 Å². The number of rotatable bonds is 9. The molecule has 0 aromatic heterocycles. The second-order valence-corrected chi connectivity index (χ2v) is 6.99. The average molecular weight is 415 g/mol. The molecule has 0 aliphatic heterocycles. The van der Waals surface area contributed by atoms with Gasteiger partial charge in [-0.25, -0.2) is 4.79 Å². The lowest BCUT2D eigenvalue weighted by Crippen LogP contribution is -2.40. The van der Waals surface area contributed by atoms with Crippen molar-refractivity contribution in [3.63, 3.8) is 0 Å². The zero-order chi connectivity index (χ0) is 21.2. The Morgan fingerprint density at radius 1 is 1.03 bits per heavy atom. The number of carbonyl (C=O) groups is 4. The van der Waals surface area contributed by atoms with Gasteiger partial charge in [0.05, 0.1) is 11.4 Å². The Bertz CT molecular complexity index is 889. The Morgan fingerprint density at radius 2 is 1.69 bits per heavy atom. The highest BCUT2D eigenvalue weighted by molar-refractivity contribution is 8.00. The zero-order valence-corrected chi connectivity index (χ0v) is 16.5. The molecule has 0 saturated heterocycles. The number of esters is 1. The van der Waals surface area contributed by atoms with Crippen LogP contribution in [0, 0.1) is 0 Å². The van der Waals surface area contributed by atoms with Crippen molar-refractivity contribution < 1.29 is 23.9 Å². The van der Waals surface area contributed by atoms with Gasteiger partial charge in [-0.05, 0) is 31.2 Å². The summed E-state index contributed by atoms with van der Waals surface area (Å²) in [5, 5.41) is 5.13. The van der Waals surface area contributed by atoms with Gasteiger partial charge in [0.15, 0.2) is 6.61 Å². The molecule has 0 fully saturated rings. The maximum Gasteiger partial charge on any atom is 0.328 e. The van der Waals surface area contributed by atoms with E-state index in [0.29, 0.717) is 16.1 Å². The van der Waals surface area contributed by atoms with Crippen LogP contribution in [0.5, 0.6) is 0 Å². The van der Waals surface area contributed by atoms with Crippen LogP contribution in [0.15, 0.2) is 59.5 Å². The second kappa shape index (κ2) is 10.9. The fourth-order valence-corrected chi connectivity index (χ4v) is 2.97. The lowest BCUT2D eigenvalue weighted by Gasteiger charge is -2.14. The molecule has 9 heteroatoms. The topological polar surface area (TPSA) is 128 Å². The van der Waals surface area contributed by atoms with Crippen molar-refractivity contribution in [1.82, 2.24) is 5.32 Å². The molecule has 3 amide bonds.